The van der Waals surface area contributed by atoms with Crippen LogP contribution >= 0.6 is 0 Å². The quantitative estimate of drug-likeness (QED) is 0.886. The van der Waals surface area contributed by atoms with E-state index in [0.29, 0.717) is 17.6 Å². The number of benzene rings is 1. The van der Waals surface area contributed by atoms with Gasteiger partial charge in [-0.05, 0) is 19.1 Å². The number of anilines is 1. The van der Waals surface area contributed by atoms with Crippen LogP contribution in [0, 0.1) is 0 Å². The fraction of sp³-hybridized carbons (Fsp3) is 0.385. The van der Waals surface area contributed by atoms with E-state index in [1.807, 2.05) is 6.92 Å². The molecule has 0 spiro atoms. The molecule has 0 radical (unpaired) electrons. The number of carbonyl (C=O) groups excluding carboxylic acids is 1. The molecule has 1 aromatic carbocycles. The van der Waals surface area contributed by atoms with Crippen LogP contribution in [-0.2, 0) is 21.2 Å². The first-order valence-electron chi connectivity index (χ1n) is 6.44. The van der Waals surface area contributed by atoms with Crippen molar-refractivity contribution in [2.45, 2.75) is 18.4 Å². The van der Waals surface area contributed by atoms with Gasteiger partial charge in [-0.1, -0.05) is 6.07 Å². The molecule has 0 fully saturated rings. The molecule has 0 saturated heterocycles. The molecule has 0 atom stereocenters. The lowest BCUT2D eigenvalue weighted by molar-refractivity contribution is -0.130. The van der Waals surface area contributed by atoms with Crippen molar-refractivity contribution in [2.75, 3.05) is 25.6 Å². The second kappa shape index (κ2) is 5.36. The lowest BCUT2D eigenvalue weighted by Gasteiger charge is -2.15. The number of hydrogen-bond donors (Lipinski definition) is 1. The standard InChI is InChI=1S/C13H18N4O3S/c1-4-16(2)11(18)8-17-9-6-5-7-10(21(3,19)20)12(9)15-13(17)14/h5-7H,4,8H2,1-3H3,(H2,14,15). The minimum Gasteiger partial charge on any atom is -0.369 e. The molecular weight excluding hydrogens is 292 g/mol. The summed E-state index contributed by atoms with van der Waals surface area (Å²) in [5, 5.41) is 0. The summed E-state index contributed by atoms with van der Waals surface area (Å²) in [5.74, 6) is 0.00668. The molecule has 0 bridgehead atoms. The van der Waals surface area contributed by atoms with E-state index in [0.717, 1.165) is 6.26 Å². The first-order chi connectivity index (χ1) is 9.75. The number of rotatable bonds is 4. The molecule has 0 aliphatic rings. The highest BCUT2D eigenvalue weighted by Crippen LogP contribution is 2.24. The molecule has 0 aliphatic carbocycles. The van der Waals surface area contributed by atoms with E-state index >= 15 is 0 Å². The number of sulfone groups is 1. The minimum absolute atomic E-state index is 0.0277. The zero-order valence-corrected chi connectivity index (χ0v) is 13.0. The number of likely N-dealkylation sites (N-methyl/N-ethyl adjacent to an activating group) is 1. The molecule has 1 heterocycles. The summed E-state index contributed by atoms with van der Waals surface area (Å²) < 4.78 is 25.1. The fourth-order valence-electron chi connectivity index (χ4n) is 2.04. The molecule has 0 unspecified atom stereocenters. The van der Waals surface area contributed by atoms with Gasteiger partial charge in [-0.25, -0.2) is 13.4 Å². The van der Waals surface area contributed by atoms with Gasteiger partial charge in [-0.2, -0.15) is 0 Å². The SMILES string of the molecule is CCN(C)C(=O)Cn1c(N)nc2c(S(C)(=O)=O)cccc21. The number of imidazole rings is 1. The number of amides is 1. The second-order valence-electron chi connectivity index (χ2n) is 4.86. The third-order valence-corrected chi connectivity index (χ3v) is 4.49. The van der Waals surface area contributed by atoms with E-state index in [1.165, 1.54) is 10.6 Å². The maximum Gasteiger partial charge on any atom is 0.242 e. The first-order valence-corrected chi connectivity index (χ1v) is 8.33. The number of fused-ring (bicyclic) bond motifs is 1. The Kier molecular flexibility index (Phi) is 3.91. The van der Waals surface area contributed by atoms with E-state index in [9.17, 15) is 13.2 Å². The molecule has 2 rings (SSSR count). The van der Waals surface area contributed by atoms with E-state index in [4.69, 9.17) is 5.73 Å². The average molecular weight is 310 g/mol. The third-order valence-electron chi connectivity index (χ3n) is 3.36. The zero-order chi connectivity index (χ0) is 15.8. The summed E-state index contributed by atoms with van der Waals surface area (Å²) in [6, 6.07) is 4.80. The number of hydrogen-bond acceptors (Lipinski definition) is 5. The maximum atomic E-state index is 12.0. The highest BCUT2D eigenvalue weighted by molar-refractivity contribution is 7.91. The molecule has 2 N–H and O–H groups in total. The minimum atomic E-state index is -3.41. The summed E-state index contributed by atoms with van der Waals surface area (Å²) in [7, 11) is -1.72. The average Bonchev–Trinajstić information content (AvgIpc) is 2.72. The van der Waals surface area contributed by atoms with Gasteiger partial charge < -0.3 is 15.2 Å². The van der Waals surface area contributed by atoms with Crippen LogP contribution in [0.25, 0.3) is 11.0 Å². The van der Waals surface area contributed by atoms with Crippen molar-refractivity contribution in [1.82, 2.24) is 14.5 Å². The predicted octanol–water partition coefficient (Wildman–Crippen LogP) is 0.500. The molecule has 0 saturated carbocycles. The molecule has 114 valence electrons. The van der Waals surface area contributed by atoms with Crippen LogP contribution in [0.3, 0.4) is 0 Å². The van der Waals surface area contributed by atoms with Crippen molar-refractivity contribution >= 4 is 32.7 Å². The molecule has 7 nitrogen and oxygen atoms in total. The van der Waals surface area contributed by atoms with E-state index in [-0.39, 0.29) is 23.3 Å². The number of carbonyl (C=O) groups is 1. The summed E-state index contributed by atoms with van der Waals surface area (Å²) in [4.78, 5) is 17.8. The van der Waals surface area contributed by atoms with Crippen molar-refractivity contribution in [2.24, 2.45) is 0 Å². The Balaban J connectivity index is 2.57. The molecule has 21 heavy (non-hydrogen) atoms. The van der Waals surface area contributed by atoms with Crippen molar-refractivity contribution in [3.63, 3.8) is 0 Å². The highest BCUT2D eigenvalue weighted by Gasteiger charge is 2.19. The van der Waals surface area contributed by atoms with E-state index < -0.39 is 9.84 Å². The van der Waals surface area contributed by atoms with Crippen LogP contribution in [0.15, 0.2) is 23.1 Å². The van der Waals surface area contributed by atoms with E-state index in [2.05, 4.69) is 4.98 Å². The van der Waals surface area contributed by atoms with Crippen molar-refractivity contribution < 1.29 is 13.2 Å². The Morgan fingerprint density at radius 1 is 1.43 bits per heavy atom. The Morgan fingerprint density at radius 3 is 2.67 bits per heavy atom. The smallest absolute Gasteiger partial charge is 0.242 e. The molecule has 1 amide bonds. The number of nitrogens with two attached hydrogens (primary N) is 1. The van der Waals surface area contributed by atoms with Gasteiger partial charge in [0.1, 0.15) is 12.1 Å². The zero-order valence-electron chi connectivity index (χ0n) is 12.2. The van der Waals surface area contributed by atoms with Crippen LogP contribution in [0.5, 0.6) is 0 Å². The summed E-state index contributed by atoms with van der Waals surface area (Å²) in [6.45, 7) is 2.48. The third kappa shape index (κ3) is 2.85. The Labute approximate surface area is 123 Å². The topological polar surface area (TPSA) is 98.3 Å². The number of nitrogens with zero attached hydrogens (tertiary/aromatic N) is 3. The van der Waals surface area contributed by atoms with Crippen molar-refractivity contribution in [3.8, 4) is 0 Å². The Hall–Kier alpha value is -2.09. The van der Waals surface area contributed by atoms with Gasteiger partial charge in [-0.3, -0.25) is 4.79 Å². The summed E-state index contributed by atoms with van der Waals surface area (Å²) in [5.41, 5.74) is 6.67. The monoisotopic (exact) mass is 310 g/mol. The van der Waals surface area contributed by atoms with Crippen LogP contribution in [0.2, 0.25) is 0 Å². The van der Waals surface area contributed by atoms with Crippen LogP contribution < -0.4 is 5.73 Å². The number of aromatic nitrogens is 2. The van der Waals surface area contributed by atoms with Gasteiger partial charge in [0, 0.05) is 19.8 Å². The largest absolute Gasteiger partial charge is 0.369 e. The van der Waals surface area contributed by atoms with Gasteiger partial charge in [0.05, 0.1) is 10.4 Å². The fourth-order valence-corrected chi connectivity index (χ4v) is 2.86. The van der Waals surface area contributed by atoms with Crippen LogP contribution in [-0.4, -0.2) is 48.6 Å². The molecule has 0 aliphatic heterocycles. The molecule has 1 aromatic heterocycles. The lowest BCUT2D eigenvalue weighted by atomic mass is 10.3. The molecular formula is C13H18N4O3S. The summed E-state index contributed by atoms with van der Waals surface area (Å²) in [6.07, 6.45) is 1.12. The Morgan fingerprint density at radius 2 is 2.10 bits per heavy atom. The first kappa shape index (κ1) is 15.3. The van der Waals surface area contributed by atoms with Crippen molar-refractivity contribution in [3.05, 3.63) is 18.2 Å². The second-order valence-corrected chi connectivity index (χ2v) is 6.84. The van der Waals surface area contributed by atoms with E-state index in [1.54, 1.807) is 24.1 Å². The van der Waals surface area contributed by atoms with Gasteiger partial charge in [0.25, 0.3) is 0 Å². The molecule has 8 heteroatoms. The van der Waals surface area contributed by atoms with Gasteiger partial charge >= 0.3 is 0 Å². The van der Waals surface area contributed by atoms with Crippen molar-refractivity contribution in [1.29, 1.82) is 0 Å². The van der Waals surface area contributed by atoms with Crippen LogP contribution in [0.4, 0.5) is 5.95 Å². The van der Waals surface area contributed by atoms with Crippen LogP contribution in [0.1, 0.15) is 6.92 Å². The van der Waals surface area contributed by atoms with Gasteiger partial charge in [-0.15, -0.1) is 0 Å². The highest BCUT2D eigenvalue weighted by atomic mass is 32.2. The molecule has 2 aromatic rings. The lowest BCUT2D eigenvalue weighted by Crippen LogP contribution is -2.30. The predicted molar refractivity (Wildman–Crippen MR) is 80.6 cm³/mol. The number of para-hydroxylation sites is 1. The van der Waals surface area contributed by atoms with Gasteiger partial charge in [0.15, 0.2) is 9.84 Å². The normalized spacial score (nSPS) is 11.8. The van der Waals surface area contributed by atoms with Gasteiger partial charge in [0.2, 0.25) is 11.9 Å². The summed E-state index contributed by atoms with van der Waals surface area (Å²) >= 11 is 0. The number of nitrogen functional groups attached to an aromatic ring is 1. The Bertz CT molecular complexity index is 795. The maximum absolute atomic E-state index is 12.0.